The van der Waals surface area contributed by atoms with Crippen LogP contribution in [0.3, 0.4) is 0 Å². The van der Waals surface area contributed by atoms with Crippen molar-refractivity contribution < 1.29 is 19.4 Å². The predicted octanol–water partition coefficient (Wildman–Crippen LogP) is 1.91. The van der Waals surface area contributed by atoms with Gasteiger partial charge in [0.25, 0.3) is 0 Å². The minimum absolute atomic E-state index is 0.250. The number of hydrogen-bond acceptors (Lipinski definition) is 5. The summed E-state index contributed by atoms with van der Waals surface area (Å²) in [5.74, 6) is -2.03. The van der Waals surface area contributed by atoms with E-state index in [-0.39, 0.29) is 18.0 Å². The first-order valence-electron chi connectivity index (χ1n) is 5.88. The molecule has 0 aliphatic carbocycles. The fraction of sp³-hybridized carbons (Fsp3) is 0.500. The van der Waals surface area contributed by atoms with Crippen LogP contribution in [0.5, 0.6) is 0 Å². The SMILES string of the molecule is CCCCCCOC(=O)c1nccnc1C(=O)O. The van der Waals surface area contributed by atoms with Crippen LogP contribution in [0.4, 0.5) is 0 Å². The summed E-state index contributed by atoms with van der Waals surface area (Å²) in [5, 5.41) is 8.85. The molecule has 0 fully saturated rings. The van der Waals surface area contributed by atoms with Gasteiger partial charge in [-0.15, -0.1) is 0 Å². The maximum atomic E-state index is 11.6. The summed E-state index contributed by atoms with van der Waals surface area (Å²) in [6, 6.07) is 0. The van der Waals surface area contributed by atoms with Crippen molar-refractivity contribution in [2.24, 2.45) is 0 Å². The molecule has 1 rings (SSSR count). The van der Waals surface area contributed by atoms with E-state index in [1.165, 1.54) is 12.4 Å². The molecule has 6 heteroatoms. The van der Waals surface area contributed by atoms with Gasteiger partial charge in [0.05, 0.1) is 6.61 Å². The molecule has 0 unspecified atom stereocenters. The van der Waals surface area contributed by atoms with Gasteiger partial charge in [-0.3, -0.25) is 0 Å². The molecule has 1 heterocycles. The van der Waals surface area contributed by atoms with Crippen molar-refractivity contribution in [1.29, 1.82) is 0 Å². The van der Waals surface area contributed by atoms with E-state index >= 15 is 0 Å². The minimum atomic E-state index is -1.29. The fourth-order valence-electron chi connectivity index (χ4n) is 1.41. The Balaban J connectivity index is 2.54. The van der Waals surface area contributed by atoms with Crippen LogP contribution in [0.15, 0.2) is 12.4 Å². The van der Waals surface area contributed by atoms with Crippen LogP contribution in [0, 0.1) is 0 Å². The Morgan fingerprint density at radius 2 is 1.83 bits per heavy atom. The van der Waals surface area contributed by atoms with Crippen molar-refractivity contribution in [3.05, 3.63) is 23.8 Å². The highest BCUT2D eigenvalue weighted by molar-refractivity contribution is 5.99. The van der Waals surface area contributed by atoms with Gasteiger partial charge in [0, 0.05) is 12.4 Å². The number of ether oxygens (including phenoxy) is 1. The first-order valence-corrected chi connectivity index (χ1v) is 5.88. The second-order valence-electron chi connectivity index (χ2n) is 3.76. The Morgan fingerprint density at radius 3 is 2.44 bits per heavy atom. The summed E-state index contributed by atoms with van der Waals surface area (Å²) >= 11 is 0. The van der Waals surface area contributed by atoms with E-state index in [0.717, 1.165) is 25.7 Å². The second-order valence-corrected chi connectivity index (χ2v) is 3.76. The van der Waals surface area contributed by atoms with E-state index in [1.807, 2.05) is 0 Å². The van der Waals surface area contributed by atoms with Crippen molar-refractivity contribution >= 4 is 11.9 Å². The molecule has 6 nitrogen and oxygen atoms in total. The number of aromatic nitrogens is 2. The Kier molecular flexibility index (Phi) is 5.76. The standard InChI is InChI=1S/C12H16N2O4/c1-2-3-4-5-8-18-12(17)10-9(11(15)16)13-6-7-14-10/h6-7H,2-5,8H2,1H3,(H,15,16). The number of carboxylic acids is 1. The Labute approximate surface area is 105 Å². The lowest BCUT2D eigenvalue weighted by molar-refractivity contribution is 0.0478. The van der Waals surface area contributed by atoms with Gasteiger partial charge in [0.2, 0.25) is 0 Å². The number of hydrogen-bond donors (Lipinski definition) is 1. The minimum Gasteiger partial charge on any atom is -0.476 e. The molecule has 1 N–H and O–H groups in total. The van der Waals surface area contributed by atoms with Gasteiger partial charge < -0.3 is 9.84 Å². The lowest BCUT2D eigenvalue weighted by Crippen LogP contribution is -2.15. The Bertz CT molecular complexity index is 420. The summed E-state index contributed by atoms with van der Waals surface area (Å²) in [7, 11) is 0. The zero-order valence-electron chi connectivity index (χ0n) is 10.3. The molecule has 0 saturated carbocycles. The number of carbonyl (C=O) groups excluding carboxylic acids is 1. The predicted molar refractivity (Wildman–Crippen MR) is 63.4 cm³/mol. The first-order chi connectivity index (χ1) is 8.66. The van der Waals surface area contributed by atoms with Crippen molar-refractivity contribution in [2.45, 2.75) is 32.6 Å². The van der Waals surface area contributed by atoms with Gasteiger partial charge >= 0.3 is 11.9 Å². The van der Waals surface area contributed by atoms with Crippen molar-refractivity contribution in [3.8, 4) is 0 Å². The molecule has 0 saturated heterocycles. The quantitative estimate of drug-likeness (QED) is 0.589. The lowest BCUT2D eigenvalue weighted by atomic mass is 10.2. The molecule has 0 amide bonds. The molecule has 1 aromatic rings. The molecule has 0 bridgehead atoms. The van der Waals surface area contributed by atoms with E-state index in [2.05, 4.69) is 16.9 Å². The van der Waals surface area contributed by atoms with Gasteiger partial charge in [0.15, 0.2) is 11.4 Å². The van der Waals surface area contributed by atoms with E-state index < -0.39 is 11.9 Å². The number of carbonyl (C=O) groups is 2. The molecule has 0 aliphatic rings. The number of rotatable bonds is 7. The average molecular weight is 252 g/mol. The zero-order valence-corrected chi connectivity index (χ0v) is 10.3. The van der Waals surface area contributed by atoms with Gasteiger partial charge in [-0.1, -0.05) is 26.2 Å². The largest absolute Gasteiger partial charge is 0.476 e. The summed E-state index contributed by atoms with van der Waals surface area (Å²) in [6.45, 7) is 2.36. The van der Waals surface area contributed by atoms with Gasteiger partial charge in [-0.25, -0.2) is 19.6 Å². The van der Waals surface area contributed by atoms with Crippen molar-refractivity contribution in [3.63, 3.8) is 0 Å². The van der Waals surface area contributed by atoms with Gasteiger partial charge in [-0.05, 0) is 6.42 Å². The van der Waals surface area contributed by atoms with Crippen LogP contribution in [0.25, 0.3) is 0 Å². The summed E-state index contributed by atoms with van der Waals surface area (Å²) < 4.78 is 4.96. The van der Waals surface area contributed by atoms with Crippen LogP contribution in [-0.4, -0.2) is 33.6 Å². The molecule has 0 radical (unpaired) electrons. The van der Waals surface area contributed by atoms with E-state index in [4.69, 9.17) is 9.84 Å². The number of nitrogens with zero attached hydrogens (tertiary/aromatic N) is 2. The smallest absolute Gasteiger partial charge is 0.359 e. The number of unbranched alkanes of at least 4 members (excludes halogenated alkanes) is 3. The molecule has 0 spiro atoms. The number of esters is 1. The van der Waals surface area contributed by atoms with E-state index in [0.29, 0.717) is 0 Å². The first kappa shape index (κ1) is 14.1. The molecule has 1 aromatic heterocycles. The fourth-order valence-corrected chi connectivity index (χ4v) is 1.41. The van der Waals surface area contributed by atoms with Gasteiger partial charge in [0.1, 0.15) is 0 Å². The van der Waals surface area contributed by atoms with Crippen molar-refractivity contribution in [2.75, 3.05) is 6.61 Å². The maximum Gasteiger partial charge on any atom is 0.359 e. The van der Waals surface area contributed by atoms with Crippen LogP contribution >= 0.6 is 0 Å². The summed E-state index contributed by atoms with van der Waals surface area (Å²) in [4.78, 5) is 29.7. The van der Waals surface area contributed by atoms with Crippen molar-refractivity contribution in [1.82, 2.24) is 9.97 Å². The van der Waals surface area contributed by atoms with E-state index in [1.54, 1.807) is 0 Å². The third-order valence-corrected chi connectivity index (χ3v) is 2.33. The molecular weight excluding hydrogens is 236 g/mol. The molecule has 0 atom stereocenters. The van der Waals surface area contributed by atoms with Crippen LogP contribution in [-0.2, 0) is 4.74 Å². The van der Waals surface area contributed by atoms with Crippen LogP contribution in [0.2, 0.25) is 0 Å². The van der Waals surface area contributed by atoms with E-state index in [9.17, 15) is 9.59 Å². The highest BCUT2D eigenvalue weighted by atomic mass is 16.5. The molecule has 98 valence electrons. The second kappa shape index (κ2) is 7.37. The third-order valence-electron chi connectivity index (χ3n) is 2.33. The van der Waals surface area contributed by atoms with Crippen LogP contribution < -0.4 is 0 Å². The maximum absolute atomic E-state index is 11.6. The zero-order chi connectivity index (χ0) is 13.4. The monoisotopic (exact) mass is 252 g/mol. The lowest BCUT2D eigenvalue weighted by Gasteiger charge is -2.05. The van der Waals surface area contributed by atoms with Gasteiger partial charge in [-0.2, -0.15) is 0 Å². The number of carboxylic acid groups (broad SMARTS) is 1. The van der Waals surface area contributed by atoms with Crippen LogP contribution in [0.1, 0.15) is 53.6 Å². The highest BCUT2D eigenvalue weighted by Gasteiger charge is 2.20. The normalized spacial score (nSPS) is 10.1. The third kappa shape index (κ3) is 4.12. The molecule has 18 heavy (non-hydrogen) atoms. The Hall–Kier alpha value is -1.98. The highest BCUT2D eigenvalue weighted by Crippen LogP contribution is 2.05. The molecule has 0 aromatic carbocycles. The molecular formula is C12H16N2O4. The topological polar surface area (TPSA) is 89.4 Å². The molecule has 0 aliphatic heterocycles. The Morgan fingerprint density at radius 1 is 1.17 bits per heavy atom. The summed E-state index contributed by atoms with van der Waals surface area (Å²) in [5.41, 5.74) is -0.628. The average Bonchev–Trinajstić information content (AvgIpc) is 2.38. The summed E-state index contributed by atoms with van der Waals surface area (Å²) in [6.07, 6.45) is 6.42. The number of aromatic carboxylic acids is 1.